The summed E-state index contributed by atoms with van der Waals surface area (Å²) in [6.07, 6.45) is 7.06. The molecule has 0 fully saturated rings. The Balaban J connectivity index is 2.80. The molecule has 2 atom stereocenters. The molecule has 14 heavy (non-hydrogen) atoms. The SMILES string of the molecule is C=CCC(C=O)[C@H]1CC=C(C)C1(C)C. The van der Waals surface area contributed by atoms with Crippen LogP contribution in [-0.2, 0) is 4.79 Å². The predicted molar refractivity (Wildman–Crippen MR) is 60.0 cm³/mol. The van der Waals surface area contributed by atoms with Gasteiger partial charge in [-0.15, -0.1) is 6.58 Å². The van der Waals surface area contributed by atoms with E-state index < -0.39 is 0 Å². The number of hydrogen-bond donors (Lipinski definition) is 0. The molecule has 0 saturated heterocycles. The van der Waals surface area contributed by atoms with Crippen molar-refractivity contribution in [1.82, 2.24) is 0 Å². The van der Waals surface area contributed by atoms with Gasteiger partial charge < -0.3 is 4.79 Å². The van der Waals surface area contributed by atoms with Crippen LogP contribution in [0.3, 0.4) is 0 Å². The zero-order valence-electron chi connectivity index (χ0n) is 9.42. The van der Waals surface area contributed by atoms with Gasteiger partial charge in [0.25, 0.3) is 0 Å². The number of carbonyl (C=O) groups excluding carboxylic acids is 1. The van der Waals surface area contributed by atoms with Crippen LogP contribution in [0.1, 0.15) is 33.6 Å². The summed E-state index contributed by atoms with van der Waals surface area (Å²) >= 11 is 0. The molecule has 0 aromatic rings. The van der Waals surface area contributed by atoms with Crippen molar-refractivity contribution in [2.75, 3.05) is 0 Å². The van der Waals surface area contributed by atoms with Gasteiger partial charge in [0.1, 0.15) is 6.29 Å². The molecule has 0 aromatic carbocycles. The zero-order chi connectivity index (χ0) is 10.8. The Kier molecular flexibility index (Phi) is 3.30. The third kappa shape index (κ3) is 1.82. The number of rotatable bonds is 4. The van der Waals surface area contributed by atoms with Gasteiger partial charge in [0.2, 0.25) is 0 Å². The first-order valence-electron chi connectivity index (χ1n) is 5.27. The lowest BCUT2D eigenvalue weighted by Gasteiger charge is -2.33. The highest BCUT2D eigenvalue weighted by atomic mass is 16.1. The molecule has 1 unspecified atom stereocenters. The largest absolute Gasteiger partial charge is 0.303 e. The monoisotopic (exact) mass is 192 g/mol. The molecule has 0 N–H and O–H groups in total. The maximum Gasteiger partial charge on any atom is 0.123 e. The molecule has 0 spiro atoms. The van der Waals surface area contributed by atoms with Crippen molar-refractivity contribution in [3.63, 3.8) is 0 Å². The lowest BCUT2D eigenvalue weighted by molar-refractivity contribution is -0.113. The second-order valence-electron chi connectivity index (χ2n) is 4.78. The summed E-state index contributed by atoms with van der Waals surface area (Å²) in [6.45, 7) is 10.3. The Morgan fingerprint density at radius 3 is 2.71 bits per heavy atom. The third-order valence-electron chi connectivity index (χ3n) is 3.75. The summed E-state index contributed by atoms with van der Waals surface area (Å²) in [4.78, 5) is 11.0. The average Bonchev–Trinajstić information content (AvgIpc) is 2.39. The van der Waals surface area contributed by atoms with E-state index in [1.54, 1.807) is 0 Å². The maximum absolute atomic E-state index is 11.0. The lowest BCUT2D eigenvalue weighted by Crippen LogP contribution is -2.28. The molecule has 0 radical (unpaired) electrons. The normalized spacial score (nSPS) is 26.8. The number of hydrogen-bond acceptors (Lipinski definition) is 1. The summed E-state index contributed by atoms with van der Waals surface area (Å²) in [5.41, 5.74) is 1.59. The summed E-state index contributed by atoms with van der Waals surface area (Å²) in [6, 6.07) is 0. The fourth-order valence-corrected chi connectivity index (χ4v) is 2.37. The Morgan fingerprint density at radius 2 is 2.36 bits per heavy atom. The van der Waals surface area contributed by atoms with Gasteiger partial charge in [-0.3, -0.25) is 0 Å². The lowest BCUT2D eigenvalue weighted by atomic mass is 9.71. The second-order valence-corrected chi connectivity index (χ2v) is 4.78. The molecule has 0 aromatic heterocycles. The van der Waals surface area contributed by atoms with E-state index in [-0.39, 0.29) is 11.3 Å². The zero-order valence-corrected chi connectivity index (χ0v) is 9.42. The van der Waals surface area contributed by atoms with Gasteiger partial charge in [-0.1, -0.05) is 31.6 Å². The van der Waals surface area contributed by atoms with Crippen LogP contribution < -0.4 is 0 Å². The Morgan fingerprint density at radius 1 is 1.71 bits per heavy atom. The fraction of sp³-hybridized carbons (Fsp3) is 0.615. The van der Waals surface area contributed by atoms with Crippen molar-refractivity contribution >= 4 is 6.29 Å². The topological polar surface area (TPSA) is 17.1 Å². The van der Waals surface area contributed by atoms with Crippen LogP contribution in [0.25, 0.3) is 0 Å². The minimum absolute atomic E-state index is 0.135. The van der Waals surface area contributed by atoms with E-state index >= 15 is 0 Å². The van der Waals surface area contributed by atoms with Crippen molar-refractivity contribution in [1.29, 1.82) is 0 Å². The predicted octanol–water partition coefficient (Wildman–Crippen LogP) is 3.37. The van der Waals surface area contributed by atoms with E-state index in [4.69, 9.17) is 0 Å². The number of carbonyl (C=O) groups is 1. The van der Waals surface area contributed by atoms with Crippen LogP contribution in [0.5, 0.6) is 0 Å². The van der Waals surface area contributed by atoms with E-state index in [2.05, 4.69) is 33.4 Å². The van der Waals surface area contributed by atoms with Gasteiger partial charge in [-0.25, -0.2) is 0 Å². The van der Waals surface area contributed by atoms with Crippen LogP contribution in [0.15, 0.2) is 24.3 Å². The van der Waals surface area contributed by atoms with Gasteiger partial charge in [0.05, 0.1) is 0 Å². The van der Waals surface area contributed by atoms with Crippen LogP contribution >= 0.6 is 0 Å². The highest BCUT2D eigenvalue weighted by Gasteiger charge is 2.39. The minimum atomic E-state index is 0.135. The Labute approximate surface area is 86.9 Å². The quantitative estimate of drug-likeness (QED) is 0.493. The molecule has 1 nitrogen and oxygen atoms in total. The molecule has 1 aliphatic carbocycles. The summed E-state index contributed by atoms with van der Waals surface area (Å²) < 4.78 is 0. The van der Waals surface area contributed by atoms with Crippen LogP contribution in [-0.4, -0.2) is 6.29 Å². The fourth-order valence-electron chi connectivity index (χ4n) is 2.37. The first-order chi connectivity index (χ1) is 6.54. The standard InChI is InChI=1S/C13H20O/c1-5-6-11(9-14)12-8-7-10(2)13(12,3)4/h5,7,9,11-12H,1,6,8H2,2-4H3/t11?,12-/m1/s1. The number of aldehydes is 1. The highest BCUT2D eigenvalue weighted by Crippen LogP contribution is 2.46. The third-order valence-corrected chi connectivity index (χ3v) is 3.75. The first-order valence-corrected chi connectivity index (χ1v) is 5.27. The molecule has 1 aliphatic rings. The first kappa shape index (κ1) is 11.2. The van der Waals surface area contributed by atoms with Crippen LogP contribution in [0, 0.1) is 17.3 Å². The van der Waals surface area contributed by atoms with Gasteiger partial charge >= 0.3 is 0 Å². The molecule has 1 heteroatoms. The molecule has 0 heterocycles. The second kappa shape index (κ2) is 4.12. The minimum Gasteiger partial charge on any atom is -0.303 e. The van der Waals surface area contributed by atoms with Crippen molar-refractivity contribution in [3.8, 4) is 0 Å². The molecule has 78 valence electrons. The molecule has 0 amide bonds. The summed E-state index contributed by atoms with van der Waals surface area (Å²) in [5, 5.41) is 0. The van der Waals surface area contributed by atoms with Crippen LogP contribution in [0.2, 0.25) is 0 Å². The van der Waals surface area contributed by atoms with Crippen molar-refractivity contribution in [2.45, 2.75) is 33.6 Å². The van der Waals surface area contributed by atoms with E-state index in [0.29, 0.717) is 5.92 Å². The van der Waals surface area contributed by atoms with E-state index in [0.717, 1.165) is 19.1 Å². The molecule has 0 bridgehead atoms. The average molecular weight is 192 g/mol. The molecular formula is C13H20O. The van der Waals surface area contributed by atoms with Gasteiger partial charge in [-0.05, 0) is 31.1 Å². The molecule has 1 rings (SSSR count). The smallest absolute Gasteiger partial charge is 0.123 e. The van der Waals surface area contributed by atoms with E-state index in [9.17, 15) is 4.79 Å². The summed E-state index contributed by atoms with van der Waals surface area (Å²) in [7, 11) is 0. The van der Waals surface area contributed by atoms with Crippen molar-refractivity contribution in [2.24, 2.45) is 17.3 Å². The molecule has 0 aliphatic heterocycles. The number of allylic oxidation sites excluding steroid dienone is 3. The molecular weight excluding hydrogens is 172 g/mol. The Hall–Kier alpha value is -0.850. The van der Waals surface area contributed by atoms with Crippen molar-refractivity contribution in [3.05, 3.63) is 24.3 Å². The maximum atomic E-state index is 11.0. The van der Waals surface area contributed by atoms with Gasteiger partial charge in [-0.2, -0.15) is 0 Å². The Bertz CT molecular complexity index is 260. The van der Waals surface area contributed by atoms with Gasteiger partial charge in [0, 0.05) is 5.92 Å². The molecule has 0 saturated carbocycles. The van der Waals surface area contributed by atoms with E-state index in [1.807, 2.05) is 6.08 Å². The summed E-state index contributed by atoms with van der Waals surface area (Å²) in [5.74, 6) is 0.592. The van der Waals surface area contributed by atoms with Gasteiger partial charge in [0.15, 0.2) is 0 Å². The van der Waals surface area contributed by atoms with E-state index in [1.165, 1.54) is 5.57 Å². The van der Waals surface area contributed by atoms with Crippen molar-refractivity contribution < 1.29 is 4.79 Å². The van der Waals surface area contributed by atoms with Crippen LogP contribution in [0.4, 0.5) is 0 Å². The highest BCUT2D eigenvalue weighted by molar-refractivity contribution is 5.55.